The number of hydrogen-bond donors (Lipinski definition) is 2. The number of pyridine rings is 1. The number of methoxy groups -OCH3 is 1. The first-order valence-electron chi connectivity index (χ1n) is 6.25. The minimum Gasteiger partial charge on any atom is -0.359 e. The molecule has 0 aliphatic carbocycles. The van der Waals surface area contributed by atoms with Gasteiger partial charge in [0.2, 0.25) is 0 Å². The van der Waals surface area contributed by atoms with E-state index in [0.29, 0.717) is 25.1 Å². The number of hydrogen-bond acceptors (Lipinski definition) is 6. The van der Waals surface area contributed by atoms with Crippen LogP contribution < -0.4 is 10.0 Å². The number of carbonyl (C=O) groups is 1. The van der Waals surface area contributed by atoms with Crippen LogP contribution in [0, 0.1) is 0 Å². The summed E-state index contributed by atoms with van der Waals surface area (Å²) in [7, 11) is -0.762. The lowest BCUT2D eigenvalue weighted by atomic mass is 10.2. The van der Waals surface area contributed by atoms with Gasteiger partial charge >= 0.3 is 0 Å². The highest BCUT2D eigenvalue weighted by Gasteiger charge is 2.14. The van der Waals surface area contributed by atoms with Crippen LogP contribution >= 0.6 is 0 Å². The number of ether oxygens (including phenoxy) is 2. The van der Waals surface area contributed by atoms with Gasteiger partial charge in [0.25, 0.3) is 15.9 Å². The van der Waals surface area contributed by atoms with E-state index in [4.69, 9.17) is 9.47 Å². The summed E-state index contributed by atoms with van der Waals surface area (Å²) < 4.78 is 34.9. The summed E-state index contributed by atoms with van der Waals surface area (Å²) in [6.07, 6.45) is 1.87. The molecule has 1 aromatic heterocycles. The number of aromatic nitrogens is 1. The predicted octanol–water partition coefficient (Wildman–Crippen LogP) is -0.270. The van der Waals surface area contributed by atoms with Crippen LogP contribution in [0.4, 0.5) is 0 Å². The van der Waals surface area contributed by atoms with Crippen molar-refractivity contribution in [1.82, 2.24) is 15.0 Å². The molecule has 0 atom stereocenters. The fraction of sp³-hybridized carbons (Fsp3) is 0.500. The molecular weight excluding hydrogens is 298 g/mol. The van der Waals surface area contributed by atoms with E-state index >= 15 is 0 Å². The molecule has 0 aliphatic heterocycles. The number of sulfonamides is 1. The second-order valence-electron chi connectivity index (χ2n) is 4.02. The summed E-state index contributed by atoms with van der Waals surface area (Å²) >= 11 is 0. The predicted molar refractivity (Wildman–Crippen MR) is 75.3 cm³/mol. The third kappa shape index (κ3) is 5.76. The van der Waals surface area contributed by atoms with Crippen molar-refractivity contribution in [3.8, 4) is 0 Å². The first-order valence-corrected chi connectivity index (χ1v) is 7.74. The Morgan fingerprint density at radius 1 is 1.38 bits per heavy atom. The first-order chi connectivity index (χ1) is 10.0. The van der Waals surface area contributed by atoms with Crippen LogP contribution in [-0.4, -0.2) is 53.4 Å². The average molecular weight is 317 g/mol. The van der Waals surface area contributed by atoms with E-state index in [1.165, 1.54) is 32.5 Å². The van der Waals surface area contributed by atoms with Gasteiger partial charge in [0.15, 0.2) is 5.03 Å². The minimum atomic E-state index is -3.59. The van der Waals surface area contributed by atoms with E-state index in [1.54, 1.807) is 0 Å². The molecule has 9 heteroatoms. The third-order valence-electron chi connectivity index (χ3n) is 2.49. The first kappa shape index (κ1) is 17.5. The Kier molecular flexibility index (Phi) is 7.23. The highest BCUT2D eigenvalue weighted by molar-refractivity contribution is 7.89. The van der Waals surface area contributed by atoms with Gasteiger partial charge in [0.1, 0.15) is 6.79 Å². The highest BCUT2D eigenvalue weighted by Crippen LogP contribution is 2.06. The van der Waals surface area contributed by atoms with Gasteiger partial charge in [-0.15, -0.1) is 0 Å². The maximum Gasteiger partial charge on any atom is 0.257 e. The van der Waals surface area contributed by atoms with Crippen molar-refractivity contribution in [2.24, 2.45) is 0 Å². The second kappa shape index (κ2) is 8.67. The van der Waals surface area contributed by atoms with E-state index in [1.807, 2.05) is 0 Å². The van der Waals surface area contributed by atoms with E-state index < -0.39 is 10.0 Å². The average Bonchev–Trinajstić information content (AvgIpc) is 2.50. The minimum absolute atomic E-state index is 0.130. The van der Waals surface area contributed by atoms with E-state index in [2.05, 4.69) is 15.0 Å². The molecule has 0 aliphatic rings. The zero-order valence-electron chi connectivity index (χ0n) is 12.0. The van der Waals surface area contributed by atoms with Crippen LogP contribution in [0.2, 0.25) is 0 Å². The molecule has 0 radical (unpaired) electrons. The number of carbonyl (C=O) groups excluding carboxylic acids is 1. The fourth-order valence-electron chi connectivity index (χ4n) is 1.40. The molecule has 1 heterocycles. The second-order valence-corrected chi connectivity index (χ2v) is 5.85. The molecule has 2 N–H and O–H groups in total. The van der Waals surface area contributed by atoms with Gasteiger partial charge in [-0.3, -0.25) is 4.79 Å². The van der Waals surface area contributed by atoms with Crippen molar-refractivity contribution >= 4 is 15.9 Å². The van der Waals surface area contributed by atoms with Gasteiger partial charge in [0.05, 0.1) is 12.2 Å². The summed E-state index contributed by atoms with van der Waals surface area (Å²) in [5.74, 6) is -0.317. The van der Waals surface area contributed by atoms with Crippen molar-refractivity contribution < 1.29 is 22.7 Å². The fourth-order valence-corrected chi connectivity index (χ4v) is 2.05. The standard InChI is InChI=1S/C12H19N3O5S/c1-13-21(17,18)11-5-4-10(8-15-11)12(16)14-6-3-7-20-9-19-2/h4-5,8,13H,3,6-7,9H2,1-2H3,(H,14,16). The number of rotatable bonds is 9. The van der Waals surface area contributed by atoms with Crippen LogP contribution in [0.25, 0.3) is 0 Å². The molecule has 8 nitrogen and oxygen atoms in total. The molecule has 1 aromatic rings. The number of amides is 1. The summed E-state index contributed by atoms with van der Waals surface area (Å²) in [4.78, 5) is 15.5. The van der Waals surface area contributed by atoms with E-state index in [0.717, 1.165) is 0 Å². The summed E-state index contributed by atoms with van der Waals surface area (Å²) in [5, 5.41) is 2.55. The third-order valence-corrected chi connectivity index (χ3v) is 3.82. The SMILES string of the molecule is CNS(=O)(=O)c1ccc(C(=O)NCCCOCOC)cn1. The Bertz CT molecular complexity index is 545. The zero-order chi connectivity index (χ0) is 15.7. The zero-order valence-corrected chi connectivity index (χ0v) is 12.8. The Balaban J connectivity index is 2.45. The van der Waals surface area contributed by atoms with Crippen molar-refractivity contribution in [2.75, 3.05) is 34.1 Å². The van der Waals surface area contributed by atoms with E-state index in [9.17, 15) is 13.2 Å². The molecule has 1 rings (SSSR count). The molecule has 0 spiro atoms. The van der Waals surface area contributed by atoms with Crippen LogP contribution in [0.5, 0.6) is 0 Å². The van der Waals surface area contributed by atoms with Crippen LogP contribution in [0.15, 0.2) is 23.4 Å². The molecule has 0 saturated heterocycles. The van der Waals surface area contributed by atoms with Gasteiger partial charge < -0.3 is 14.8 Å². The van der Waals surface area contributed by atoms with Gasteiger partial charge in [-0.2, -0.15) is 0 Å². The number of nitrogens with one attached hydrogen (secondary N) is 2. The van der Waals surface area contributed by atoms with Crippen molar-refractivity contribution in [3.05, 3.63) is 23.9 Å². The highest BCUT2D eigenvalue weighted by atomic mass is 32.2. The van der Waals surface area contributed by atoms with Crippen molar-refractivity contribution in [2.45, 2.75) is 11.4 Å². The largest absolute Gasteiger partial charge is 0.359 e. The van der Waals surface area contributed by atoms with Crippen LogP contribution in [0.1, 0.15) is 16.8 Å². The normalized spacial score (nSPS) is 11.3. The maximum absolute atomic E-state index is 11.8. The molecular formula is C12H19N3O5S. The summed E-state index contributed by atoms with van der Waals surface area (Å²) in [5.41, 5.74) is 0.294. The van der Waals surface area contributed by atoms with Crippen molar-refractivity contribution in [1.29, 1.82) is 0 Å². The molecule has 0 fully saturated rings. The van der Waals surface area contributed by atoms with Gasteiger partial charge in [-0.25, -0.2) is 18.1 Å². The lowest BCUT2D eigenvalue weighted by Gasteiger charge is -2.06. The van der Waals surface area contributed by atoms with Gasteiger partial charge in [0, 0.05) is 19.9 Å². The van der Waals surface area contributed by atoms with Crippen LogP contribution in [0.3, 0.4) is 0 Å². The Hall–Kier alpha value is -1.55. The van der Waals surface area contributed by atoms with Crippen molar-refractivity contribution in [3.63, 3.8) is 0 Å². The van der Waals surface area contributed by atoms with E-state index in [-0.39, 0.29) is 17.7 Å². The molecule has 21 heavy (non-hydrogen) atoms. The monoisotopic (exact) mass is 317 g/mol. The Morgan fingerprint density at radius 3 is 2.71 bits per heavy atom. The summed E-state index contributed by atoms with van der Waals surface area (Å²) in [6, 6.07) is 2.69. The topological polar surface area (TPSA) is 107 Å². The Labute approximate surface area is 123 Å². The molecule has 0 unspecified atom stereocenters. The molecule has 0 aromatic carbocycles. The smallest absolute Gasteiger partial charge is 0.257 e. The van der Waals surface area contributed by atoms with Gasteiger partial charge in [-0.1, -0.05) is 0 Å². The molecule has 0 bridgehead atoms. The molecule has 1 amide bonds. The quantitative estimate of drug-likeness (QED) is 0.480. The molecule has 118 valence electrons. The maximum atomic E-state index is 11.8. The van der Waals surface area contributed by atoms with Gasteiger partial charge in [-0.05, 0) is 25.6 Å². The lowest BCUT2D eigenvalue weighted by Crippen LogP contribution is -2.26. The number of nitrogens with zero attached hydrogens (tertiary/aromatic N) is 1. The lowest BCUT2D eigenvalue weighted by molar-refractivity contribution is -0.0308. The summed E-state index contributed by atoms with van der Waals surface area (Å²) in [6.45, 7) is 1.14. The van der Waals surface area contributed by atoms with Crippen LogP contribution in [-0.2, 0) is 19.5 Å². The Morgan fingerprint density at radius 2 is 2.14 bits per heavy atom. The molecule has 0 saturated carbocycles.